The van der Waals surface area contributed by atoms with Gasteiger partial charge in [0, 0.05) is 44.2 Å². The molecule has 2 aliphatic carbocycles. The normalized spacial score (nSPS) is 15.5. The van der Waals surface area contributed by atoms with Crippen LogP contribution in [0, 0.1) is 5.92 Å². The quantitative estimate of drug-likeness (QED) is 0.187. The Bertz CT molecular complexity index is 3060. The van der Waals surface area contributed by atoms with Gasteiger partial charge in [0.1, 0.15) is 22.3 Å². The summed E-state index contributed by atoms with van der Waals surface area (Å²) in [5.41, 5.74) is 9.54. The van der Waals surface area contributed by atoms with Crippen LogP contribution in [0.4, 0.5) is 0 Å². The number of hydrogen-bond donors (Lipinski definition) is 0. The van der Waals surface area contributed by atoms with Gasteiger partial charge in [0.05, 0.1) is 0 Å². The van der Waals surface area contributed by atoms with Crippen molar-refractivity contribution in [2.24, 2.45) is 5.92 Å². The maximum absolute atomic E-state index is 6.71. The van der Waals surface area contributed by atoms with Crippen molar-refractivity contribution in [3.8, 4) is 33.9 Å². The van der Waals surface area contributed by atoms with E-state index in [2.05, 4.69) is 127 Å². The molecule has 3 aromatic heterocycles. The molecule has 0 aliphatic heterocycles. The first-order valence-electron chi connectivity index (χ1n) is 17.6. The molecule has 1 unspecified atom stereocenters. The van der Waals surface area contributed by atoms with E-state index in [-0.39, 0.29) is 0 Å². The Labute approximate surface area is 298 Å². The number of fused-ring (bicyclic) bond motifs is 8. The maximum Gasteiger partial charge on any atom is 0.164 e. The van der Waals surface area contributed by atoms with E-state index >= 15 is 0 Å². The zero-order chi connectivity index (χ0) is 34.2. The molecular formula is C47H29N3O2. The molecule has 3 heterocycles. The Morgan fingerprint density at radius 3 is 2.17 bits per heavy atom. The summed E-state index contributed by atoms with van der Waals surface area (Å²) in [6, 6.07) is 41.8. The highest BCUT2D eigenvalue weighted by molar-refractivity contribution is 6.16. The highest BCUT2D eigenvalue weighted by atomic mass is 16.3. The predicted octanol–water partition coefficient (Wildman–Crippen LogP) is 12.3. The molecule has 0 saturated carbocycles. The van der Waals surface area contributed by atoms with E-state index in [9.17, 15) is 0 Å². The molecule has 0 amide bonds. The van der Waals surface area contributed by atoms with Crippen LogP contribution in [0.3, 0.4) is 0 Å². The minimum Gasteiger partial charge on any atom is -0.456 e. The number of benzene rings is 6. The number of aromatic nitrogens is 3. The molecular weight excluding hydrogens is 639 g/mol. The SMILES string of the molecule is C1=CC2=CC=C(c3nc(-c4ccc5ccccc5c4)nc(-c4ccc(-c5ccc6c(c5)oc5ccccc56)c5oc6ccccc6c45)n3)CC2C=C1. The molecule has 11 rings (SSSR count). The zero-order valence-corrected chi connectivity index (χ0v) is 28.0. The Morgan fingerprint density at radius 2 is 1.25 bits per heavy atom. The lowest BCUT2D eigenvalue weighted by atomic mass is 9.84. The van der Waals surface area contributed by atoms with E-state index in [0.29, 0.717) is 23.4 Å². The number of nitrogens with zero attached hydrogens (tertiary/aromatic N) is 3. The molecule has 0 radical (unpaired) electrons. The number of rotatable bonds is 4. The summed E-state index contributed by atoms with van der Waals surface area (Å²) in [5.74, 6) is 2.23. The minimum atomic E-state index is 0.294. The lowest BCUT2D eigenvalue weighted by Crippen LogP contribution is -2.10. The number of para-hydroxylation sites is 2. The van der Waals surface area contributed by atoms with Crippen molar-refractivity contribution in [2.75, 3.05) is 0 Å². The highest BCUT2D eigenvalue weighted by Crippen LogP contribution is 2.43. The summed E-state index contributed by atoms with van der Waals surface area (Å²) in [7, 11) is 0. The van der Waals surface area contributed by atoms with Crippen LogP contribution in [0.2, 0.25) is 0 Å². The fourth-order valence-corrected chi connectivity index (χ4v) is 7.87. The van der Waals surface area contributed by atoms with Crippen LogP contribution < -0.4 is 0 Å². The van der Waals surface area contributed by atoms with E-state index in [1.807, 2.05) is 30.3 Å². The van der Waals surface area contributed by atoms with E-state index in [4.69, 9.17) is 23.8 Å². The van der Waals surface area contributed by atoms with E-state index in [0.717, 1.165) is 83.5 Å². The molecule has 5 heteroatoms. The molecule has 0 fully saturated rings. The van der Waals surface area contributed by atoms with Crippen molar-refractivity contribution in [3.05, 3.63) is 169 Å². The lowest BCUT2D eigenvalue weighted by molar-refractivity contribution is 0.668. The van der Waals surface area contributed by atoms with Crippen LogP contribution in [0.25, 0.3) is 94.1 Å². The third-order valence-corrected chi connectivity index (χ3v) is 10.5. The van der Waals surface area contributed by atoms with Crippen molar-refractivity contribution >= 4 is 60.2 Å². The predicted molar refractivity (Wildman–Crippen MR) is 211 cm³/mol. The van der Waals surface area contributed by atoms with Gasteiger partial charge in [-0.05, 0) is 76.4 Å². The van der Waals surface area contributed by atoms with Crippen molar-refractivity contribution in [1.82, 2.24) is 15.0 Å². The topological polar surface area (TPSA) is 65.0 Å². The van der Waals surface area contributed by atoms with Crippen LogP contribution in [-0.4, -0.2) is 15.0 Å². The van der Waals surface area contributed by atoms with Gasteiger partial charge in [-0.3, -0.25) is 0 Å². The Hall–Kier alpha value is -6.85. The summed E-state index contributed by atoms with van der Waals surface area (Å²) >= 11 is 0. The summed E-state index contributed by atoms with van der Waals surface area (Å²) in [6.45, 7) is 0. The molecule has 52 heavy (non-hydrogen) atoms. The molecule has 6 aromatic carbocycles. The van der Waals surface area contributed by atoms with Crippen molar-refractivity contribution < 1.29 is 8.83 Å². The highest BCUT2D eigenvalue weighted by Gasteiger charge is 2.24. The van der Waals surface area contributed by atoms with E-state index in [1.165, 1.54) is 11.0 Å². The fraction of sp³-hybridized carbons (Fsp3) is 0.0426. The Balaban J connectivity index is 1.13. The average molecular weight is 668 g/mol. The van der Waals surface area contributed by atoms with Crippen molar-refractivity contribution in [2.45, 2.75) is 6.42 Å². The summed E-state index contributed by atoms with van der Waals surface area (Å²) in [5, 5.41) is 6.50. The van der Waals surface area contributed by atoms with E-state index < -0.39 is 0 Å². The molecule has 0 bridgehead atoms. The molecule has 0 saturated heterocycles. The van der Waals surface area contributed by atoms with Gasteiger partial charge < -0.3 is 8.83 Å². The smallest absolute Gasteiger partial charge is 0.164 e. The van der Waals surface area contributed by atoms with Gasteiger partial charge in [-0.2, -0.15) is 0 Å². The van der Waals surface area contributed by atoms with Crippen molar-refractivity contribution in [3.63, 3.8) is 0 Å². The second kappa shape index (κ2) is 11.3. The van der Waals surface area contributed by atoms with Crippen LogP contribution in [0.15, 0.2) is 172 Å². The molecule has 0 N–H and O–H groups in total. The number of allylic oxidation sites excluding steroid dienone is 8. The lowest BCUT2D eigenvalue weighted by Gasteiger charge is -2.22. The molecule has 1 atom stereocenters. The third kappa shape index (κ3) is 4.60. The first-order valence-corrected chi connectivity index (χ1v) is 17.6. The first-order chi connectivity index (χ1) is 25.7. The Morgan fingerprint density at radius 1 is 0.519 bits per heavy atom. The average Bonchev–Trinajstić information content (AvgIpc) is 3.78. The zero-order valence-electron chi connectivity index (χ0n) is 28.0. The minimum absolute atomic E-state index is 0.294. The largest absolute Gasteiger partial charge is 0.456 e. The third-order valence-electron chi connectivity index (χ3n) is 10.5. The summed E-state index contributed by atoms with van der Waals surface area (Å²) in [6.07, 6.45) is 13.8. The van der Waals surface area contributed by atoms with Crippen molar-refractivity contribution in [1.29, 1.82) is 0 Å². The number of furan rings is 2. The van der Waals surface area contributed by atoms with Crippen LogP contribution in [0.5, 0.6) is 0 Å². The second-order valence-corrected chi connectivity index (χ2v) is 13.6. The van der Waals surface area contributed by atoms with Gasteiger partial charge in [-0.1, -0.05) is 115 Å². The molecule has 2 aliphatic rings. The monoisotopic (exact) mass is 667 g/mol. The van der Waals surface area contributed by atoms with Crippen LogP contribution in [-0.2, 0) is 0 Å². The van der Waals surface area contributed by atoms with Gasteiger partial charge >= 0.3 is 0 Å². The molecule has 0 spiro atoms. The summed E-state index contributed by atoms with van der Waals surface area (Å²) < 4.78 is 13.0. The van der Waals surface area contributed by atoms with Gasteiger partial charge in [0.25, 0.3) is 0 Å². The standard InChI is InChI=1S/C47H29N3O2/c1-3-11-30-25-33(19-17-28(30)9-1)45-48-46(34-20-18-29-10-2-4-12-31(29)26-34)50-47(49-45)39-24-23-35(44-43(39)38-14-6-8-16-41(38)52-44)32-21-22-37-36-13-5-7-15-40(36)51-42(37)27-32/h1-25,27,31H,26H2. The fourth-order valence-electron chi connectivity index (χ4n) is 7.87. The first kappa shape index (κ1) is 28.9. The van der Waals surface area contributed by atoms with Crippen LogP contribution >= 0.6 is 0 Å². The molecule has 9 aromatic rings. The number of hydrogen-bond acceptors (Lipinski definition) is 5. The van der Waals surface area contributed by atoms with Gasteiger partial charge in [-0.25, -0.2) is 15.0 Å². The summed E-state index contributed by atoms with van der Waals surface area (Å²) in [4.78, 5) is 15.6. The van der Waals surface area contributed by atoms with Gasteiger partial charge in [0.15, 0.2) is 17.5 Å². The molecule has 244 valence electrons. The maximum atomic E-state index is 6.71. The van der Waals surface area contributed by atoms with Gasteiger partial charge in [0.2, 0.25) is 0 Å². The van der Waals surface area contributed by atoms with Gasteiger partial charge in [-0.15, -0.1) is 0 Å². The second-order valence-electron chi connectivity index (χ2n) is 13.6. The Kier molecular flexibility index (Phi) is 6.31. The molecule has 5 nitrogen and oxygen atoms in total. The van der Waals surface area contributed by atoms with E-state index in [1.54, 1.807) is 0 Å². The van der Waals surface area contributed by atoms with Crippen LogP contribution in [0.1, 0.15) is 12.2 Å².